The molecule has 1 amide bonds. The first kappa shape index (κ1) is 14.0. The Morgan fingerprint density at radius 2 is 2.15 bits per heavy atom. The number of halogens is 2. The number of aromatic nitrogens is 2. The SMILES string of the molecule is CC1(C(=O)Nc2c(Cl)cc(Cl)c3nsnc23)CCCN1. The number of hydrogen-bond donors (Lipinski definition) is 2. The third-order valence-electron chi connectivity index (χ3n) is 3.55. The van der Waals surface area contributed by atoms with Crippen molar-refractivity contribution in [3.05, 3.63) is 16.1 Å². The Balaban J connectivity index is 1.99. The van der Waals surface area contributed by atoms with E-state index in [-0.39, 0.29) is 5.91 Å². The third kappa shape index (κ3) is 2.26. The van der Waals surface area contributed by atoms with E-state index in [0.717, 1.165) is 31.1 Å². The Morgan fingerprint density at radius 1 is 1.40 bits per heavy atom. The number of fused-ring (bicyclic) bond motifs is 1. The third-order valence-corrected chi connectivity index (χ3v) is 4.67. The Hall–Kier alpha value is -0.950. The first-order valence-electron chi connectivity index (χ1n) is 6.18. The number of rotatable bonds is 2. The molecule has 0 spiro atoms. The van der Waals surface area contributed by atoms with Crippen molar-refractivity contribution in [1.29, 1.82) is 0 Å². The van der Waals surface area contributed by atoms with Gasteiger partial charge in [0.1, 0.15) is 11.0 Å². The maximum absolute atomic E-state index is 12.4. The van der Waals surface area contributed by atoms with Crippen LogP contribution in [0.1, 0.15) is 19.8 Å². The summed E-state index contributed by atoms with van der Waals surface area (Å²) >= 11 is 13.3. The van der Waals surface area contributed by atoms with Crippen molar-refractivity contribution in [2.75, 3.05) is 11.9 Å². The average molecular weight is 331 g/mol. The van der Waals surface area contributed by atoms with Crippen molar-refractivity contribution in [1.82, 2.24) is 14.1 Å². The van der Waals surface area contributed by atoms with Crippen molar-refractivity contribution >= 4 is 57.6 Å². The Bertz CT molecular complexity index is 681. The van der Waals surface area contributed by atoms with Crippen LogP contribution in [0, 0.1) is 0 Å². The van der Waals surface area contributed by atoms with Crippen molar-refractivity contribution in [2.24, 2.45) is 0 Å². The molecule has 1 saturated heterocycles. The minimum absolute atomic E-state index is 0.117. The molecule has 106 valence electrons. The van der Waals surface area contributed by atoms with Crippen LogP contribution in [-0.2, 0) is 4.79 Å². The molecule has 5 nitrogen and oxygen atoms in total. The lowest BCUT2D eigenvalue weighted by atomic mass is 9.99. The van der Waals surface area contributed by atoms with Crippen molar-refractivity contribution < 1.29 is 4.79 Å². The predicted octanol–water partition coefficient (Wildman–Crippen LogP) is 3.08. The predicted molar refractivity (Wildman–Crippen MR) is 81.7 cm³/mol. The van der Waals surface area contributed by atoms with E-state index in [4.69, 9.17) is 23.2 Å². The molecule has 1 fully saturated rings. The molecule has 1 atom stereocenters. The van der Waals surface area contributed by atoms with Gasteiger partial charge in [0, 0.05) is 0 Å². The van der Waals surface area contributed by atoms with Gasteiger partial charge in [0.15, 0.2) is 0 Å². The number of benzene rings is 1. The highest BCUT2D eigenvalue weighted by molar-refractivity contribution is 7.00. The molecule has 1 aliphatic rings. The van der Waals surface area contributed by atoms with Crippen molar-refractivity contribution in [3.63, 3.8) is 0 Å². The molecule has 20 heavy (non-hydrogen) atoms. The van der Waals surface area contributed by atoms with Crippen LogP contribution in [0.2, 0.25) is 10.0 Å². The van der Waals surface area contributed by atoms with Gasteiger partial charge in [-0.15, -0.1) is 0 Å². The maximum Gasteiger partial charge on any atom is 0.244 e. The molecular weight excluding hydrogens is 319 g/mol. The number of amides is 1. The van der Waals surface area contributed by atoms with Gasteiger partial charge in [-0.3, -0.25) is 4.79 Å². The van der Waals surface area contributed by atoms with Crippen molar-refractivity contribution in [2.45, 2.75) is 25.3 Å². The molecule has 0 aliphatic carbocycles. The topological polar surface area (TPSA) is 66.9 Å². The molecule has 3 rings (SSSR count). The van der Waals surface area contributed by atoms with Crippen LogP contribution < -0.4 is 10.6 Å². The number of carbonyl (C=O) groups is 1. The number of nitrogens with zero attached hydrogens (tertiary/aromatic N) is 2. The van der Waals surface area contributed by atoms with Gasteiger partial charge in [-0.1, -0.05) is 23.2 Å². The van der Waals surface area contributed by atoms with E-state index in [1.165, 1.54) is 0 Å². The van der Waals surface area contributed by atoms with Gasteiger partial charge < -0.3 is 10.6 Å². The van der Waals surface area contributed by atoms with Crippen LogP contribution in [-0.4, -0.2) is 26.7 Å². The summed E-state index contributed by atoms with van der Waals surface area (Å²) in [4.78, 5) is 12.4. The molecular formula is C12H12Cl2N4OS. The van der Waals surface area contributed by atoms with E-state index in [1.807, 2.05) is 6.92 Å². The van der Waals surface area contributed by atoms with E-state index in [2.05, 4.69) is 19.4 Å². The van der Waals surface area contributed by atoms with Crippen LogP contribution in [0.3, 0.4) is 0 Å². The minimum atomic E-state index is -0.571. The Morgan fingerprint density at radius 3 is 2.85 bits per heavy atom. The molecule has 2 heterocycles. The molecule has 8 heteroatoms. The quantitative estimate of drug-likeness (QED) is 0.887. The number of anilines is 1. The minimum Gasteiger partial charge on any atom is -0.321 e. The lowest BCUT2D eigenvalue weighted by Gasteiger charge is -2.23. The highest BCUT2D eigenvalue weighted by Crippen LogP contribution is 2.36. The van der Waals surface area contributed by atoms with E-state index >= 15 is 0 Å². The lowest BCUT2D eigenvalue weighted by molar-refractivity contribution is -0.121. The van der Waals surface area contributed by atoms with E-state index < -0.39 is 5.54 Å². The lowest BCUT2D eigenvalue weighted by Crippen LogP contribution is -2.48. The van der Waals surface area contributed by atoms with Crippen LogP contribution in [0.15, 0.2) is 6.07 Å². The Kier molecular flexibility index (Phi) is 3.58. The summed E-state index contributed by atoms with van der Waals surface area (Å²) in [6.07, 6.45) is 1.77. The fourth-order valence-electron chi connectivity index (χ4n) is 2.33. The summed E-state index contributed by atoms with van der Waals surface area (Å²) in [6.45, 7) is 2.72. The first-order valence-corrected chi connectivity index (χ1v) is 7.67. The van der Waals surface area contributed by atoms with Crippen LogP contribution in [0.4, 0.5) is 5.69 Å². The normalized spacial score (nSPS) is 22.4. The zero-order valence-corrected chi connectivity index (χ0v) is 13.0. The van der Waals surface area contributed by atoms with Gasteiger partial charge >= 0.3 is 0 Å². The molecule has 1 aromatic carbocycles. The maximum atomic E-state index is 12.4. The second-order valence-corrected chi connectivity index (χ2v) is 6.34. The van der Waals surface area contributed by atoms with Gasteiger partial charge in [-0.25, -0.2) is 0 Å². The molecule has 0 saturated carbocycles. The van der Waals surface area contributed by atoms with Crippen LogP contribution in [0.25, 0.3) is 11.0 Å². The van der Waals surface area contributed by atoms with Gasteiger partial charge in [0.25, 0.3) is 0 Å². The van der Waals surface area contributed by atoms with Crippen LogP contribution in [0.5, 0.6) is 0 Å². The molecule has 0 bridgehead atoms. The molecule has 1 aliphatic heterocycles. The zero-order chi connectivity index (χ0) is 14.3. The van der Waals surface area contributed by atoms with Crippen molar-refractivity contribution in [3.8, 4) is 0 Å². The highest BCUT2D eigenvalue weighted by atomic mass is 35.5. The fourth-order valence-corrected chi connectivity index (χ4v) is 3.49. The first-order chi connectivity index (χ1) is 9.51. The second kappa shape index (κ2) is 5.11. The summed E-state index contributed by atoms with van der Waals surface area (Å²) in [5.41, 5.74) is 0.988. The van der Waals surface area contributed by atoms with E-state index in [0.29, 0.717) is 26.8 Å². The number of nitrogens with one attached hydrogen (secondary N) is 2. The largest absolute Gasteiger partial charge is 0.321 e. The van der Waals surface area contributed by atoms with E-state index in [1.54, 1.807) is 6.07 Å². The monoisotopic (exact) mass is 330 g/mol. The summed E-state index contributed by atoms with van der Waals surface area (Å²) in [5, 5.41) is 6.87. The highest BCUT2D eigenvalue weighted by Gasteiger charge is 2.36. The molecule has 0 radical (unpaired) electrons. The molecule has 2 aromatic rings. The summed E-state index contributed by atoms with van der Waals surface area (Å²) < 4.78 is 8.28. The summed E-state index contributed by atoms with van der Waals surface area (Å²) in [6, 6.07) is 1.58. The number of hydrogen-bond acceptors (Lipinski definition) is 5. The van der Waals surface area contributed by atoms with Crippen LogP contribution >= 0.6 is 34.9 Å². The van der Waals surface area contributed by atoms with Gasteiger partial charge in [-0.05, 0) is 32.4 Å². The van der Waals surface area contributed by atoms with Gasteiger partial charge in [0.2, 0.25) is 5.91 Å². The fraction of sp³-hybridized carbons (Fsp3) is 0.417. The van der Waals surface area contributed by atoms with Gasteiger partial charge in [0.05, 0.1) is 33.0 Å². The molecule has 1 unspecified atom stereocenters. The van der Waals surface area contributed by atoms with Gasteiger partial charge in [-0.2, -0.15) is 8.75 Å². The zero-order valence-electron chi connectivity index (χ0n) is 10.7. The number of carbonyl (C=O) groups excluding carboxylic acids is 1. The summed E-state index contributed by atoms with van der Waals surface area (Å²) in [5.74, 6) is -0.117. The standard InChI is InChI=1S/C12H12Cl2N4OS/c1-12(3-2-4-15-12)11(19)16-8-6(13)5-7(14)9-10(8)18-20-17-9/h5,15H,2-4H2,1H3,(H,16,19). The average Bonchev–Trinajstić information content (AvgIpc) is 3.03. The van der Waals surface area contributed by atoms with E-state index in [9.17, 15) is 4.79 Å². The molecule has 1 aromatic heterocycles. The summed E-state index contributed by atoms with van der Waals surface area (Å²) in [7, 11) is 0. The Labute approximate surface area is 130 Å². The molecule has 2 N–H and O–H groups in total. The second-order valence-electron chi connectivity index (χ2n) is 4.99. The smallest absolute Gasteiger partial charge is 0.244 e.